The van der Waals surface area contributed by atoms with Crippen LogP contribution in [0.1, 0.15) is 25.8 Å². The summed E-state index contributed by atoms with van der Waals surface area (Å²) in [4.78, 5) is 0.136. The molecule has 1 atom stereocenters. The van der Waals surface area contributed by atoms with Gasteiger partial charge < -0.3 is 5.32 Å². The van der Waals surface area contributed by atoms with Crippen LogP contribution in [0.2, 0.25) is 5.02 Å². The van der Waals surface area contributed by atoms with Gasteiger partial charge in [0.25, 0.3) is 0 Å². The predicted octanol–water partition coefficient (Wildman–Crippen LogP) is 2.14. The zero-order valence-corrected chi connectivity index (χ0v) is 12.4. The van der Waals surface area contributed by atoms with Gasteiger partial charge in [-0.2, -0.15) is 0 Å². The Morgan fingerprint density at radius 3 is 2.61 bits per heavy atom. The largest absolute Gasteiger partial charge is 0.316 e. The predicted molar refractivity (Wildman–Crippen MR) is 74.3 cm³/mol. The van der Waals surface area contributed by atoms with E-state index in [1.165, 1.54) is 0 Å². The summed E-state index contributed by atoms with van der Waals surface area (Å²) in [6, 6.07) is 4.91. The number of hydrogen-bond acceptors (Lipinski definition) is 3. The van der Waals surface area contributed by atoms with Crippen molar-refractivity contribution in [3.63, 3.8) is 0 Å². The molecule has 0 radical (unpaired) electrons. The lowest BCUT2D eigenvalue weighted by molar-refractivity contribution is 0.555. The molecule has 2 N–H and O–H groups in total. The van der Waals surface area contributed by atoms with E-state index in [2.05, 4.69) is 10.0 Å². The van der Waals surface area contributed by atoms with E-state index in [-0.39, 0.29) is 16.0 Å². The van der Waals surface area contributed by atoms with Crippen molar-refractivity contribution in [3.05, 3.63) is 28.8 Å². The molecule has 102 valence electrons. The van der Waals surface area contributed by atoms with E-state index < -0.39 is 10.0 Å². The van der Waals surface area contributed by atoms with Crippen molar-refractivity contribution in [2.45, 2.75) is 37.8 Å². The molecule has 0 aliphatic rings. The van der Waals surface area contributed by atoms with Gasteiger partial charge in [0.1, 0.15) is 4.90 Å². The minimum Gasteiger partial charge on any atom is -0.316 e. The quantitative estimate of drug-likeness (QED) is 0.844. The Balaban J connectivity index is 3.10. The van der Waals surface area contributed by atoms with Crippen molar-refractivity contribution in [1.29, 1.82) is 0 Å². The molecule has 0 saturated heterocycles. The summed E-state index contributed by atoms with van der Waals surface area (Å²) in [5.41, 5.74) is 0.881. The van der Waals surface area contributed by atoms with E-state index in [0.717, 1.165) is 12.0 Å². The molecule has 0 amide bonds. The number of hydrogen-bond donors (Lipinski definition) is 2. The lowest BCUT2D eigenvalue weighted by atomic mass is 10.2. The Hall–Kier alpha value is -0.620. The summed E-state index contributed by atoms with van der Waals surface area (Å²) < 4.78 is 26.9. The molecule has 18 heavy (non-hydrogen) atoms. The summed E-state index contributed by atoms with van der Waals surface area (Å²) in [5, 5.41) is 3.22. The lowest BCUT2D eigenvalue weighted by Crippen LogP contribution is -2.32. The van der Waals surface area contributed by atoms with Crippen LogP contribution in [0.25, 0.3) is 0 Å². The molecule has 0 aliphatic carbocycles. The number of nitrogens with one attached hydrogen (secondary N) is 2. The fourth-order valence-electron chi connectivity index (χ4n) is 1.48. The van der Waals surface area contributed by atoms with Crippen molar-refractivity contribution in [1.82, 2.24) is 10.0 Å². The first-order valence-corrected chi connectivity index (χ1v) is 7.72. The molecule has 1 aromatic carbocycles. The maximum Gasteiger partial charge on any atom is 0.242 e. The van der Waals surface area contributed by atoms with Gasteiger partial charge in [0.15, 0.2) is 0 Å². The van der Waals surface area contributed by atoms with Crippen molar-refractivity contribution in [3.8, 4) is 0 Å². The standard InChI is InChI=1S/C12H19ClN2O2S/c1-4-9(2)15-18(16,17)12-7-10(8-14-3)5-6-11(12)13/h5-7,9,14-15H,4,8H2,1-3H3. The zero-order valence-electron chi connectivity index (χ0n) is 10.8. The number of halogens is 1. The van der Waals surface area contributed by atoms with Crippen LogP contribution in [0.4, 0.5) is 0 Å². The van der Waals surface area contributed by atoms with Gasteiger partial charge in [0.05, 0.1) is 5.02 Å². The molecule has 0 aliphatic heterocycles. The van der Waals surface area contributed by atoms with Gasteiger partial charge in [-0.1, -0.05) is 24.6 Å². The summed E-state index contributed by atoms with van der Waals surface area (Å²) in [6.07, 6.45) is 0.729. The molecule has 0 heterocycles. The highest BCUT2D eigenvalue weighted by molar-refractivity contribution is 7.89. The lowest BCUT2D eigenvalue weighted by Gasteiger charge is -2.14. The van der Waals surface area contributed by atoms with Gasteiger partial charge in [0, 0.05) is 12.6 Å². The van der Waals surface area contributed by atoms with Crippen LogP contribution < -0.4 is 10.0 Å². The van der Waals surface area contributed by atoms with Crippen molar-refractivity contribution >= 4 is 21.6 Å². The van der Waals surface area contributed by atoms with Crippen LogP contribution in [0.3, 0.4) is 0 Å². The summed E-state index contributed by atoms with van der Waals surface area (Å²) in [6.45, 7) is 4.35. The highest BCUT2D eigenvalue weighted by atomic mass is 35.5. The molecule has 0 spiro atoms. The number of benzene rings is 1. The van der Waals surface area contributed by atoms with E-state index in [1.54, 1.807) is 25.2 Å². The van der Waals surface area contributed by atoms with E-state index >= 15 is 0 Å². The second-order valence-corrected chi connectivity index (χ2v) is 6.32. The number of sulfonamides is 1. The molecule has 1 aromatic rings. The highest BCUT2D eigenvalue weighted by Gasteiger charge is 2.20. The summed E-state index contributed by atoms with van der Waals surface area (Å²) >= 11 is 5.97. The van der Waals surface area contributed by atoms with Crippen LogP contribution in [0.15, 0.2) is 23.1 Å². The smallest absolute Gasteiger partial charge is 0.242 e. The first-order chi connectivity index (χ1) is 8.40. The van der Waals surface area contributed by atoms with Gasteiger partial charge in [-0.3, -0.25) is 0 Å². The van der Waals surface area contributed by atoms with Crippen LogP contribution in [-0.2, 0) is 16.6 Å². The van der Waals surface area contributed by atoms with Gasteiger partial charge in [-0.15, -0.1) is 0 Å². The normalized spacial score (nSPS) is 13.6. The Bertz CT molecular complexity index is 503. The fourth-order valence-corrected chi connectivity index (χ4v) is 3.36. The maximum absolute atomic E-state index is 12.2. The second-order valence-electron chi connectivity index (χ2n) is 4.23. The first-order valence-electron chi connectivity index (χ1n) is 5.86. The SMILES string of the molecule is CCC(C)NS(=O)(=O)c1cc(CNC)ccc1Cl. The molecule has 4 nitrogen and oxygen atoms in total. The van der Waals surface area contributed by atoms with Crippen molar-refractivity contribution in [2.75, 3.05) is 7.05 Å². The van der Waals surface area contributed by atoms with Crippen LogP contribution in [0.5, 0.6) is 0 Å². The maximum atomic E-state index is 12.2. The van der Waals surface area contributed by atoms with Gasteiger partial charge in [0.2, 0.25) is 10.0 Å². The van der Waals surface area contributed by atoms with Gasteiger partial charge >= 0.3 is 0 Å². The molecule has 0 fully saturated rings. The first kappa shape index (κ1) is 15.4. The fraction of sp³-hybridized carbons (Fsp3) is 0.500. The Kier molecular flexibility index (Phi) is 5.59. The molecule has 1 unspecified atom stereocenters. The van der Waals surface area contributed by atoms with E-state index in [4.69, 9.17) is 11.6 Å². The minimum atomic E-state index is -3.55. The topological polar surface area (TPSA) is 58.2 Å². The summed E-state index contributed by atoms with van der Waals surface area (Å²) in [5.74, 6) is 0. The van der Waals surface area contributed by atoms with Gasteiger partial charge in [-0.05, 0) is 38.1 Å². The minimum absolute atomic E-state index is 0.112. The van der Waals surface area contributed by atoms with Crippen molar-refractivity contribution in [2.24, 2.45) is 0 Å². The molecular weight excluding hydrogens is 272 g/mol. The molecule has 6 heteroatoms. The molecule has 0 bridgehead atoms. The van der Waals surface area contributed by atoms with Gasteiger partial charge in [-0.25, -0.2) is 13.1 Å². The Morgan fingerprint density at radius 2 is 2.06 bits per heavy atom. The van der Waals surface area contributed by atoms with E-state index in [0.29, 0.717) is 6.54 Å². The average molecular weight is 291 g/mol. The van der Waals surface area contributed by atoms with Crippen molar-refractivity contribution < 1.29 is 8.42 Å². The third-order valence-corrected chi connectivity index (χ3v) is 4.71. The summed E-state index contributed by atoms with van der Waals surface area (Å²) in [7, 11) is -1.75. The van der Waals surface area contributed by atoms with E-state index in [9.17, 15) is 8.42 Å². The third kappa shape index (κ3) is 3.95. The molecular formula is C12H19ClN2O2S. The second kappa shape index (κ2) is 6.52. The van der Waals surface area contributed by atoms with Crippen LogP contribution >= 0.6 is 11.6 Å². The highest BCUT2D eigenvalue weighted by Crippen LogP contribution is 2.23. The molecule has 0 aromatic heterocycles. The molecule has 1 rings (SSSR count). The monoisotopic (exact) mass is 290 g/mol. The van der Waals surface area contributed by atoms with Crippen LogP contribution in [-0.4, -0.2) is 21.5 Å². The van der Waals surface area contributed by atoms with Crippen LogP contribution in [0, 0.1) is 0 Å². The number of rotatable bonds is 6. The Morgan fingerprint density at radius 1 is 1.39 bits per heavy atom. The third-order valence-electron chi connectivity index (χ3n) is 2.63. The molecule has 0 saturated carbocycles. The van der Waals surface area contributed by atoms with E-state index in [1.807, 2.05) is 13.8 Å². The Labute approximate surface area is 114 Å². The zero-order chi connectivity index (χ0) is 13.8. The average Bonchev–Trinajstić information content (AvgIpc) is 2.31.